The molecule has 0 spiro atoms. The third-order valence-electron chi connectivity index (χ3n) is 2.10. The van der Waals surface area contributed by atoms with Crippen LogP contribution in [-0.4, -0.2) is 37.8 Å². The van der Waals surface area contributed by atoms with Gasteiger partial charge >= 0.3 is 29.6 Å². The molecular weight excluding hydrogens is 359 g/mol. The quantitative estimate of drug-likeness (QED) is 0.449. The van der Waals surface area contributed by atoms with Crippen LogP contribution in [-0.2, 0) is 20.0 Å². The van der Waals surface area contributed by atoms with E-state index in [1.54, 1.807) is 26.0 Å². The molecule has 0 saturated heterocycles. The van der Waals surface area contributed by atoms with E-state index in [2.05, 4.69) is 10.2 Å². The van der Waals surface area contributed by atoms with Crippen molar-refractivity contribution in [1.82, 2.24) is 10.2 Å². The van der Waals surface area contributed by atoms with Gasteiger partial charge in [-0.25, -0.2) is 16.8 Å². The summed E-state index contributed by atoms with van der Waals surface area (Å²) < 4.78 is 52.9. The summed E-state index contributed by atoms with van der Waals surface area (Å²) in [7, 11) is -7.41. The molecule has 2 rings (SSSR count). The van der Waals surface area contributed by atoms with Gasteiger partial charge in [0.25, 0.3) is 0 Å². The third-order valence-corrected chi connectivity index (χ3v) is 5.44. The Morgan fingerprint density at radius 2 is 1.68 bits per heavy atom. The molecule has 0 radical (unpaired) electrons. The summed E-state index contributed by atoms with van der Waals surface area (Å²) in [5.74, 6) is 0. The van der Waals surface area contributed by atoms with Crippen molar-refractivity contribution >= 4 is 31.3 Å². The van der Waals surface area contributed by atoms with E-state index < -0.39 is 20.0 Å². The normalized spacial score (nSPS) is 11.1. The van der Waals surface area contributed by atoms with Crippen LogP contribution in [0.3, 0.4) is 0 Å². The van der Waals surface area contributed by atoms with E-state index in [0.29, 0.717) is 5.01 Å². The second-order valence-electron chi connectivity index (χ2n) is 4.13. The van der Waals surface area contributed by atoms with Crippen LogP contribution in [0.4, 0.5) is 0 Å². The zero-order chi connectivity index (χ0) is 16.3. The Morgan fingerprint density at radius 1 is 1.09 bits per heavy atom. The average molecular weight is 372 g/mol. The molecule has 0 aliphatic heterocycles. The molecule has 7 nitrogen and oxygen atoms in total. The van der Waals surface area contributed by atoms with Crippen LogP contribution in [0.5, 0.6) is 0 Å². The van der Waals surface area contributed by atoms with Crippen LogP contribution in [0.25, 0.3) is 0 Å². The minimum Gasteiger partial charge on any atom is -0.744 e. The van der Waals surface area contributed by atoms with Crippen molar-refractivity contribution < 1.29 is 50.9 Å². The largest absolute Gasteiger partial charge is 1.00 e. The first-order valence-corrected chi connectivity index (χ1v) is 9.64. The minimum atomic E-state index is -4.28. The van der Waals surface area contributed by atoms with Gasteiger partial charge in [-0.05, 0) is 31.5 Å². The summed E-state index contributed by atoms with van der Waals surface area (Å²) in [5.41, 5.74) is 0.766. The van der Waals surface area contributed by atoms with E-state index in [0.717, 1.165) is 23.2 Å². The van der Waals surface area contributed by atoms with Gasteiger partial charge in [-0.15, -0.1) is 10.2 Å². The Kier molecular flexibility index (Phi) is 8.34. The number of hydrogen-bond donors (Lipinski definition) is 0. The molecule has 11 heteroatoms. The van der Waals surface area contributed by atoms with E-state index in [-0.39, 0.29) is 38.8 Å². The molecule has 0 N–H and O–H groups in total. The molecular formula is C11H13N2NaO5S3. The molecule has 0 saturated carbocycles. The Bertz CT molecular complexity index is 831. The number of rotatable bonds is 2. The maximum atomic E-state index is 10.8. The summed E-state index contributed by atoms with van der Waals surface area (Å²) in [6.45, 7) is 3.45. The van der Waals surface area contributed by atoms with Crippen LogP contribution in [0.1, 0.15) is 10.6 Å². The maximum Gasteiger partial charge on any atom is 1.00 e. The zero-order valence-electron chi connectivity index (χ0n) is 12.5. The first-order chi connectivity index (χ1) is 9.50. The molecule has 1 aromatic carbocycles. The van der Waals surface area contributed by atoms with Crippen molar-refractivity contribution in [2.45, 2.75) is 23.1 Å². The predicted molar refractivity (Wildman–Crippen MR) is 76.9 cm³/mol. The van der Waals surface area contributed by atoms with Crippen molar-refractivity contribution in [3.8, 4) is 0 Å². The van der Waals surface area contributed by atoms with Gasteiger partial charge in [-0.3, -0.25) is 0 Å². The molecule has 0 atom stereocenters. The monoisotopic (exact) mass is 372 g/mol. The number of hydrogen-bond acceptors (Lipinski definition) is 8. The smallest absolute Gasteiger partial charge is 0.744 e. The van der Waals surface area contributed by atoms with Gasteiger partial charge < -0.3 is 4.55 Å². The molecule has 2 aromatic rings. The number of aromatic nitrogens is 2. The molecule has 0 unspecified atom stereocenters. The van der Waals surface area contributed by atoms with Gasteiger partial charge in [0.15, 0.2) is 0 Å². The zero-order valence-corrected chi connectivity index (χ0v) is 16.9. The second-order valence-corrected chi connectivity index (χ2v) is 8.88. The Balaban J connectivity index is 0.000000385. The predicted octanol–water partition coefficient (Wildman–Crippen LogP) is -1.85. The van der Waals surface area contributed by atoms with Crippen molar-refractivity contribution in [3.63, 3.8) is 0 Å². The van der Waals surface area contributed by atoms with Crippen LogP contribution in [0, 0.1) is 13.8 Å². The first kappa shape index (κ1) is 21.6. The summed E-state index contributed by atoms with van der Waals surface area (Å²) in [5, 5.41) is 7.71. The van der Waals surface area contributed by atoms with Crippen LogP contribution in [0.2, 0.25) is 0 Å². The van der Waals surface area contributed by atoms with Crippen molar-refractivity contribution in [2.24, 2.45) is 0 Å². The maximum absolute atomic E-state index is 10.8. The van der Waals surface area contributed by atoms with Crippen molar-refractivity contribution in [3.05, 3.63) is 34.8 Å². The van der Waals surface area contributed by atoms with Crippen LogP contribution >= 0.6 is 11.3 Å². The SMILES string of the molecule is Cc1cccc(S(=O)(=O)[O-])c1.Cc1nnc(S(C)(=O)=O)s1.[Na+]. The van der Waals surface area contributed by atoms with E-state index in [1.165, 1.54) is 12.1 Å². The average Bonchev–Trinajstić information content (AvgIpc) is 2.75. The first-order valence-electron chi connectivity index (χ1n) is 5.53. The fourth-order valence-electron chi connectivity index (χ4n) is 1.20. The van der Waals surface area contributed by atoms with Crippen molar-refractivity contribution in [2.75, 3.05) is 6.26 Å². The van der Waals surface area contributed by atoms with Gasteiger partial charge in [0.05, 0.1) is 4.90 Å². The van der Waals surface area contributed by atoms with Gasteiger partial charge in [-0.1, -0.05) is 23.5 Å². The standard InChI is InChI=1S/C7H8O3S.C4H6N2O2S2.Na/c1-6-3-2-4-7(5-6)11(8,9)10;1-3-5-6-4(9-3)10(2,7)8;/h2-5H,1H3,(H,8,9,10);1-2H3;/q;;+1/p-1. The topological polar surface area (TPSA) is 117 Å². The number of nitrogens with zero attached hydrogens (tertiary/aromatic N) is 2. The Hall–Kier alpha value is -0.360. The molecule has 0 bridgehead atoms. The molecule has 0 amide bonds. The van der Waals surface area contributed by atoms with Gasteiger partial charge in [0, 0.05) is 6.26 Å². The third kappa shape index (κ3) is 7.27. The molecule has 0 aliphatic carbocycles. The summed E-state index contributed by atoms with van der Waals surface area (Å²) in [6.07, 6.45) is 1.12. The van der Waals surface area contributed by atoms with Gasteiger partial charge in [0.1, 0.15) is 15.1 Å². The summed E-state index contributed by atoms with van der Waals surface area (Å²) in [6, 6.07) is 5.91. The minimum absolute atomic E-state index is 0. The van der Waals surface area contributed by atoms with E-state index in [4.69, 9.17) is 0 Å². The molecule has 1 aromatic heterocycles. The summed E-state index contributed by atoms with van der Waals surface area (Å²) >= 11 is 1.08. The fourth-order valence-corrected chi connectivity index (χ4v) is 3.35. The van der Waals surface area contributed by atoms with Gasteiger partial charge in [-0.2, -0.15) is 0 Å². The number of aryl methyl sites for hydroxylation is 2. The molecule has 1 heterocycles. The van der Waals surface area contributed by atoms with Crippen LogP contribution in [0.15, 0.2) is 33.5 Å². The fraction of sp³-hybridized carbons (Fsp3) is 0.273. The second kappa shape index (κ2) is 8.48. The van der Waals surface area contributed by atoms with E-state index in [9.17, 15) is 21.4 Å². The van der Waals surface area contributed by atoms with E-state index >= 15 is 0 Å². The van der Waals surface area contributed by atoms with Gasteiger partial charge in [0.2, 0.25) is 14.2 Å². The molecule has 116 valence electrons. The number of benzene rings is 1. The summed E-state index contributed by atoms with van der Waals surface area (Å²) in [4.78, 5) is -0.169. The van der Waals surface area contributed by atoms with Crippen molar-refractivity contribution in [1.29, 1.82) is 0 Å². The molecule has 22 heavy (non-hydrogen) atoms. The number of sulfone groups is 1. The Morgan fingerprint density at radius 3 is 1.95 bits per heavy atom. The Labute approximate surface area is 155 Å². The molecule has 0 fully saturated rings. The van der Waals surface area contributed by atoms with E-state index in [1.807, 2.05) is 0 Å². The molecule has 0 aliphatic rings. The van der Waals surface area contributed by atoms with Crippen LogP contribution < -0.4 is 29.6 Å².